The van der Waals surface area contributed by atoms with E-state index < -0.39 is 0 Å². The number of carbonyl (C=O) groups excluding carboxylic acids is 1. The number of hydrogen-bond donors (Lipinski definition) is 0. The van der Waals surface area contributed by atoms with E-state index in [9.17, 15) is 4.79 Å². The minimum atomic E-state index is -0.127. The summed E-state index contributed by atoms with van der Waals surface area (Å²) in [6.45, 7) is 5.08. The maximum Gasteiger partial charge on any atom is 0.338 e. The molecule has 0 aromatic heterocycles. The van der Waals surface area contributed by atoms with Crippen molar-refractivity contribution in [2.24, 2.45) is 34.5 Å². The minimum Gasteiger partial charge on any atom is -0.458 e. The van der Waals surface area contributed by atoms with E-state index in [1.54, 1.807) is 0 Å². The fourth-order valence-electron chi connectivity index (χ4n) is 8.21. The van der Waals surface area contributed by atoms with Crippen molar-refractivity contribution in [3.8, 4) is 0 Å². The normalized spacial score (nSPS) is 44.9. The van der Waals surface area contributed by atoms with Gasteiger partial charge in [-0.3, -0.25) is 0 Å². The Kier molecular flexibility index (Phi) is 4.60. The van der Waals surface area contributed by atoms with Gasteiger partial charge in [0.25, 0.3) is 0 Å². The molecule has 4 fully saturated rings. The Hall–Kier alpha value is -1.31. The molecule has 0 aliphatic heterocycles. The molecular weight excluding hydrogens is 344 g/mol. The van der Waals surface area contributed by atoms with E-state index in [4.69, 9.17) is 4.74 Å². The van der Waals surface area contributed by atoms with E-state index in [1.165, 1.54) is 57.8 Å². The molecule has 7 atom stereocenters. The predicted octanol–water partition coefficient (Wildman–Crippen LogP) is 6.64. The van der Waals surface area contributed by atoms with Crippen molar-refractivity contribution in [3.05, 3.63) is 35.9 Å². The molecule has 4 aliphatic carbocycles. The highest BCUT2D eigenvalue weighted by Crippen LogP contribution is 2.66. The van der Waals surface area contributed by atoms with Crippen molar-refractivity contribution in [2.45, 2.75) is 84.2 Å². The highest BCUT2D eigenvalue weighted by atomic mass is 16.5. The third-order valence-electron chi connectivity index (χ3n) is 9.76. The first-order valence-electron chi connectivity index (χ1n) is 11.8. The molecular formula is C26H36O2. The summed E-state index contributed by atoms with van der Waals surface area (Å²) in [5.41, 5.74) is 1.46. The van der Waals surface area contributed by atoms with Crippen molar-refractivity contribution in [1.29, 1.82) is 0 Å². The van der Waals surface area contributed by atoms with Gasteiger partial charge < -0.3 is 4.74 Å². The summed E-state index contributed by atoms with van der Waals surface area (Å²) >= 11 is 0. The van der Waals surface area contributed by atoms with Gasteiger partial charge in [-0.05, 0) is 92.6 Å². The van der Waals surface area contributed by atoms with Gasteiger partial charge in [-0.15, -0.1) is 0 Å². The first kappa shape index (κ1) is 18.7. The maximum atomic E-state index is 12.7. The van der Waals surface area contributed by atoms with Gasteiger partial charge in [0.15, 0.2) is 0 Å². The van der Waals surface area contributed by atoms with E-state index in [0.717, 1.165) is 30.1 Å². The number of carbonyl (C=O) groups is 1. The average Bonchev–Trinajstić information content (AvgIpc) is 3.04. The summed E-state index contributed by atoms with van der Waals surface area (Å²) in [6, 6.07) is 9.54. The molecule has 4 aliphatic rings. The molecule has 152 valence electrons. The van der Waals surface area contributed by atoms with Crippen LogP contribution in [-0.4, -0.2) is 12.1 Å². The summed E-state index contributed by atoms with van der Waals surface area (Å²) in [5, 5.41) is 0. The zero-order valence-corrected chi connectivity index (χ0v) is 17.7. The topological polar surface area (TPSA) is 26.3 Å². The van der Waals surface area contributed by atoms with Crippen LogP contribution in [0.5, 0.6) is 0 Å². The molecule has 0 N–H and O–H groups in total. The van der Waals surface area contributed by atoms with Gasteiger partial charge >= 0.3 is 5.97 Å². The largest absolute Gasteiger partial charge is 0.458 e. The zero-order valence-electron chi connectivity index (χ0n) is 17.7. The van der Waals surface area contributed by atoms with E-state index in [2.05, 4.69) is 13.8 Å². The lowest BCUT2D eigenvalue weighted by Crippen LogP contribution is -2.53. The van der Waals surface area contributed by atoms with Gasteiger partial charge in [0, 0.05) is 5.41 Å². The maximum absolute atomic E-state index is 12.7. The van der Waals surface area contributed by atoms with Crippen LogP contribution >= 0.6 is 0 Å². The van der Waals surface area contributed by atoms with Crippen LogP contribution in [0.25, 0.3) is 0 Å². The van der Waals surface area contributed by atoms with Gasteiger partial charge in [-0.2, -0.15) is 0 Å². The number of benzene rings is 1. The number of fused-ring (bicyclic) bond motifs is 5. The summed E-state index contributed by atoms with van der Waals surface area (Å²) in [7, 11) is 0. The predicted molar refractivity (Wildman–Crippen MR) is 112 cm³/mol. The molecule has 4 saturated carbocycles. The molecule has 2 nitrogen and oxygen atoms in total. The standard InChI is InChI=1S/C26H36O2/c1-25-16-7-6-10-19(25)11-12-20-21-13-14-23(26(21,2)17-15-22(20)25)28-24(27)18-8-4-3-5-9-18/h3-5,8-9,19-23H,6-7,10-17H2,1-2H3/t19-,20?,21?,22?,23?,25?,26?/m1/s1. The van der Waals surface area contributed by atoms with Crippen molar-refractivity contribution in [1.82, 2.24) is 0 Å². The highest BCUT2D eigenvalue weighted by Gasteiger charge is 2.60. The van der Waals surface area contributed by atoms with Crippen LogP contribution in [0, 0.1) is 34.5 Å². The Labute approximate surface area is 170 Å². The summed E-state index contributed by atoms with van der Waals surface area (Å²) < 4.78 is 6.14. The van der Waals surface area contributed by atoms with Crippen LogP contribution in [0.1, 0.15) is 88.4 Å². The first-order valence-corrected chi connectivity index (χ1v) is 11.8. The Morgan fingerprint density at radius 1 is 0.857 bits per heavy atom. The Balaban J connectivity index is 1.35. The van der Waals surface area contributed by atoms with Crippen molar-refractivity contribution >= 4 is 5.97 Å². The lowest BCUT2D eigenvalue weighted by Gasteiger charge is -2.60. The number of rotatable bonds is 2. The molecule has 0 saturated heterocycles. The number of esters is 1. The van der Waals surface area contributed by atoms with Gasteiger partial charge in [0.05, 0.1) is 5.56 Å². The smallest absolute Gasteiger partial charge is 0.338 e. The van der Waals surface area contributed by atoms with Gasteiger partial charge in [0.2, 0.25) is 0 Å². The molecule has 0 heterocycles. The van der Waals surface area contributed by atoms with Crippen molar-refractivity contribution in [3.63, 3.8) is 0 Å². The molecule has 6 unspecified atom stereocenters. The lowest BCUT2D eigenvalue weighted by molar-refractivity contribution is -0.122. The van der Waals surface area contributed by atoms with Crippen LogP contribution in [0.15, 0.2) is 30.3 Å². The fraction of sp³-hybridized carbons (Fsp3) is 0.731. The average molecular weight is 381 g/mol. The summed E-state index contributed by atoms with van der Waals surface area (Å²) in [4.78, 5) is 12.7. The molecule has 28 heavy (non-hydrogen) atoms. The molecule has 2 heteroatoms. The van der Waals surface area contributed by atoms with Crippen molar-refractivity contribution < 1.29 is 9.53 Å². The summed E-state index contributed by atoms with van der Waals surface area (Å²) in [6.07, 6.45) is 13.7. The number of hydrogen-bond acceptors (Lipinski definition) is 2. The second-order valence-corrected chi connectivity index (χ2v) is 10.8. The molecule has 1 aromatic rings. The lowest BCUT2D eigenvalue weighted by atomic mass is 9.45. The Morgan fingerprint density at radius 2 is 1.64 bits per heavy atom. The van der Waals surface area contributed by atoms with E-state index in [-0.39, 0.29) is 17.5 Å². The molecule has 0 radical (unpaired) electrons. The van der Waals surface area contributed by atoms with E-state index in [0.29, 0.717) is 11.0 Å². The molecule has 0 spiro atoms. The third-order valence-corrected chi connectivity index (χ3v) is 9.76. The van der Waals surface area contributed by atoms with Gasteiger partial charge in [-0.1, -0.05) is 44.9 Å². The third kappa shape index (κ3) is 2.77. The molecule has 0 amide bonds. The second kappa shape index (κ2) is 6.89. The Bertz CT molecular complexity index is 727. The minimum absolute atomic E-state index is 0.100. The van der Waals surface area contributed by atoms with Gasteiger partial charge in [-0.25, -0.2) is 4.79 Å². The Morgan fingerprint density at radius 3 is 2.46 bits per heavy atom. The van der Waals surface area contributed by atoms with Crippen LogP contribution in [-0.2, 0) is 4.74 Å². The molecule has 0 bridgehead atoms. The van der Waals surface area contributed by atoms with E-state index in [1.807, 2.05) is 30.3 Å². The van der Waals surface area contributed by atoms with Crippen LogP contribution < -0.4 is 0 Å². The zero-order chi connectivity index (χ0) is 19.4. The van der Waals surface area contributed by atoms with Crippen LogP contribution in [0.4, 0.5) is 0 Å². The van der Waals surface area contributed by atoms with Crippen LogP contribution in [0.2, 0.25) is 0 Å². The van der Waals surface area contributed by atoms with Gasteiger partial charge in [0.1, 0.15) is 6.10 Å². The molecule has 5 rings (SSSR count). The number of ether oxygens (including phenoxy) is 1. The van der Waals surface area contributed by atoms with Crippen molar-refractivity contribution in [2.75, 3.05) is 0 Å². The highest BCUT2D eigenvalue weighted by molar-refractivity contribution is 5.89. The first-order chi connectivity index (χ1) is 13.5. The SMILES string of the molecule is CC12CCC3C(CC[C@H]4CCCCC34C)C1CCC2OC(=O)c1ccccc1. The second-order valence-electron chi connectivity index (χ2n) is 10.8. The quantitative estimate of drug-likeness (QED) is 0.537. The molecule has 1 aromatic carbocycles. The monoisotopic (exact) mass is 380 g/mol. The van der Waals surface area contributed by atoms with Crippen LogP contribution in [0.3, 0.4) is 0 Å². The fourth-order valence-corrected chi connectivity index (χ4v) is 8.21. The summed E-state index contributed by atoms with van der Waals surface area (Å²) in [5.74, 6) is 3.36. The van der Waals surface area contributed by atoms with E-state index >= 15 is 0 Å².